The molecule has 0 heterocycles. The van der Waals surface area contributed by atoms with Gasteiger partial charge in [0, 0.05) is 10.8 Å². The van der Waals surface area contributed by atoms with Crippen LogP contribution in [0.15, 0.2) is 89.1 Å². The molecule has 2 heteroatoms. The van der Waals surface area contributed by atoms with Crippen LogP contribution in [0.4, 0.5) is 0 Å². The summed E-state index contributed by atoms with van der Waals surface area (Å²) in [6, 6.07) is 27.3. The van der Waals surface area contributed by atoms with E-state index >= 15 is 0 Å². The van der Waals surface area contributed by atoms with Crippen molar-refractivity contribution in [1.29, 1.82) is 0 Å². The molecule has 0 saturated carbocycles. The minimum atomic E-state index is 0.905. The summed E-state index contributed by atoms with van der Waals surface area (Å²) >= 11 is 0. The molecule has 0 radical (unpaired) electrons. The first-order valence-electron chi connectivity index (χ1n) is 8.77. The van der Waals surface area contributed by atoms with Crippen LogP contribution in [0.2, 0.25) is 0 Å². The predicted octanol–water partition coefficient (Wildman–Crippen LogP) is 5.54. The number of benzene rings is 3. The lowest BCUT2D eigenvalue weighted by Gasteiger charge is -2.00. The molecule has 126 valence electrons. The van der Waals surface area contributed by atoms with Crippen molar-refractivity contribution in [3.63, 3.8) is 0 Å². The molecule has 2 nitrogen and oxygen atoms in total. The van der Waals surface area contributed by atoms with Crippen LogP contribution in [-0.2, 0) is 0 Å². The third-order valence-electron chi connectivity index (χ3n) is 4.66. The Kier molecular flexibility index (Phi) is 4.32. The van der Waals surface area contributed by atoms with Gasteiger partial charge >= 0.3 is 0 Å². The summed E-state index contributed by atoms with van der Waals surface area (Å²) in [7, 11) is 0. The van der Waals surface area contributed by atoms with Crippen molar-refractivity contribution in [2.24, 2.45) is 10.2 Å². The van der Waals surface area contributed by atoms with Gasteiger partial charge in [-0.05, 0) is 35.7 Å². The van der Waals surface area contributed by atoms with E-state index in [1.165, 1.54) is 11.1 Å². The van der Waals surface area contributed by atoms with Crippen LogP contribution in [0.25, 0.3) is 21.5 Å². The van der Waals surface area contributed by atoms with Crippen molar-refractivity contribution in [3.05, 3.63) is 101 Å². The second kappa shape index (κ2) is 6.93. The van der Waals surface area contributed by atoms with Crippen LogP contribution in [0, 0.1) is 13.8 Å². The molecule has 0 aliphatic heterocycles. The average Bonchev–Trinajstić information content (AvgIpc) is 2.82. The van der Waals surface area contributed by atoms with Gasteiger partial charge in [-0.25, -0.2) is 0 Å². The van der Waals surface area contributed by atoms with Crippen molar-refractivity contribution in [2.45, 2.75) is 13.8 Å². The van der Waals surface area contributed by atoms with Gasteiger partial charge < -0.3 is 0 Å². The zero-order chi connectivity index (χ0) is 17.9. The van der Waals surface area contributed by atoms with Gasteiger partial charge in [0.2, 0.25) is 0 Å². The van der Waals surface area contributed by atoms with Crippen LogP contribution < -0.4 is 5.36 Å². The smallest absolute Gasteiger partial charge is 0.101 e. The minimum absolute atomic E-state index is 0.905. The molecule has 0 spiro atoms. The SMILES string of the molecule is Cc1ccc(C)c(C=NN=c2c3ccccc3ccc3ccccc23)c1. The van der Waals surface area contributed by atoms with E-state index in [9.17, 15) is 0 Å². The summed E-state index contributed by atoms with van der Waals surface area (Å²) in [5, 5.41) is 14.5. The monoisotopic (exact) mass is 336 g/mol. The zero-order valence-electron chi connectivity index (χ0n) is 15.0. The summed E-state index contributed by atoms with van der Waals surface area (Å²) in [5.41, 5.74) is 3.52. The molecule has 0 aromatic heterocycles. The van der Waals surface area contributed by atoms with Crippen molar-refractivity contribution in [3.8, 4) is 0 Å². The van der Waals surface area contributed by atoms with E-state index < -0.39 is 0 Å². The third-order valence-corrected chi connectivity index (χ3v) is 4.66. The highest BCUT2D eigenvalue weighted by Crippen LogP contribution is 2.15. The molecule has 4 rings (SSSR count). The molecular formula is C24H20N2. The fraction of sp³-hybridized carbons (Fsp3) is 0.0833. The number of hydrogen-bond acceptors (Lipinski definition) is 2. The lowest BCUT2D eigenvalue weighted by atomic mass is 10.1. The first kappa shape index (κ1) is 16.2. The molecular weight excluding hydrogens is 316 g/mol. The first-order valence-corrected chi connectivity index (χ1v) is 8.77. The van der Waals surface area contributed by atoms with E-state index in [0.29, 0.717) is 0 Å². The maximum atomic E-state index is 4.64. The van der Waals surface area contributed by atoms with Gasteiger partial charge in [-0.1, -0.05) is 84.4 Å². The third kappa shape index (κ3) is 3.14. The van der Waals surface area contributed by atoms with Crippen molar-refractivity contribution < 1.29 is 0 Å². The molecule has 0 unspecified atom stereocenters. The summed E-state index contributed by atoms with van der Waals surface area (Å²) in [6.45, 7) is 4.18. The number of hydrogen-bond donors (Lipinski definition) is 0. The predicted molar refractivity (Wildman–Crippen MR) is 111 cm³/mol. The number of fused-ring (bicyclic) bond motifs is 2. The van der Waals surface area contributed by atoms with E-state index in [-0.39, 0.29) is 0 Å². The summed E-state index contributed by atoms with van der Waals surface area (Å²) in [6.07, 6.45) is 1.85. The number of rotatable bonds is 2. The largest absolute Gasteiger partial charge is 0.158 e. The van der Waals surface area contributed by atoms with E-state index in [4.69, 9.17) is 0 Å². The fourth-order valence-corrected chi connectivity index (χ4v) is 3.20. The molecule has 4 aromatic carbocycles. The Morgan fingerprint density at radius 1 is 0.692 bits per heavy atom. The van der Waals surface area contributed by atoms with Crippen LogP contribution in [-0.4, -0.2) is 6.21 Å². The highest BCUT2D eigenvalue weighted by molar-refractivity contribution is 5.93. The van der Waals surface area contributed by atoms with E-state index in [1.54, 1.807) is 0 Å². The minimum Gasteiger partial charge on any atom is -0.158 e. The van der Waals surface area contributed by atoms with Gasteiger partial charge in [0.05, 0.1) is 6.21 Å². The molecule has 26 heavy (non-hydrogen) atoms. The van der Waals surface area contributed by atoms with Crippen molar-refractivity contribution >= 4 is 27.8 Å². The molecule has 0 aliphatic carbocycles. The van der Waals surface area contributed by atoms with Gasteiger partial charge in [-0.2, -0.15) is 5.10 Å². The highest BCUT2D eigenvalue weighted by Gasteiger charge is 2.00. The first-order chi connectivity index (χ1) is 12.7. The Bertz CT molecular complexity index is 1140. The van der Waals surface area contributed by atoms with Crippen LogP contribution in [0.3, 0.4) is 0 Å². The van der Waals surface area contributed by atoms with Gasteiger partial charge in [0.1, 0.15) is 5.36 Å². The van der Waals surface area contributed by atoms with Gasteiger partial charge in [0.15, 0.2) is 0 Å². The van der Waals surface area contributed by atoms with Crippen LogP contribution in [0.5, 0.6) is 0 Å². The Morgan fingerprint density at radius 3 is 1.96 bits per heavy atom. The molecule has 0 amide bonds. The standard InChI is InChI=1S/C24H20N2/c1-17-11-12-18(2)21(15-17)16-25-26-24-22-9-5-3-7-19(22)13-14-20-8-4-6-10-23(20)24/h3-16H,1-2H3. The average molecular weight is 336 g/mol. The summed E-state index contributed by atoms with van der Waals surface area (Å²) < 4.78 is 0. The fourth-order valence-electron chi connectivity index (χ4n) is 3.20. The Hall–Kier alpha value is -3.26. The summed E-state index contributed by atoms with van der Waals surface area (Å²) in [5.74, 6) is 0. The second-order valence-corrected chi connectivity index (χ2v) is 6.56. The van der Waals surface area contributed by atoms with E-state index in [1.807, 2.05) is 18.3 Å². The lowest BCUT2D eigenvalue weighted by Crippen LogP contribution is -2.01. The maximum absolute atomic E-state index is 4.64. The maximum Gasteiger partial charge on any atom is 0.101 e. The van der Waals surface area contributed by atoms with Crippen LogP contribution >= 0.6 is 0 Å². The second-order valence-electron chi connectivity index (χ2n) is 6.56. The normalized spacial score (nSPS) is 11.3. The number of nitrogens with zero attached hydrogens (tertiary/aromatic N) is 2. The molecule has 0 N–H and O–H groups in total. The summed E-state index contributed by atoms with van der Waals surface area (Å²) in [4.78, 5) is 0. The quantitative estimate of drug-likeness (QED) is 0.339. The molecule has 0 atom stereocenters. The van der Waals surface area contributed by atoms with Gasteiger partial charge in [-0.3, -0.25) is 0 Å². The topological polar surface area (TPSA) is 24.7 Å². The van der Waals surface area contributed by atoms with Gasteiger partial charge in [0.25, 0.3) is 0 Å². The molecule has 0 bridgehead atoms. The molecule has 0 saturated heterocycles. The number of aryl methyl sites for hydroxylation is 2. The zero-order valence-corrected chi connectivity index (χ0v) is 15.0. The van der Waals surface area contributed by atoms with E-state index in [2.05, 4.69) is 90.8 Å². The molecule has 0 aliphatic rings. The van der Waals surface area contributed by atoms with Gasteiger partial charge in [-0.15, -0.1) is 5.10 Å². The van der Waals surface area contributed by atoms with Crippen molar-refractivity contribution in [2.75, 3.05) is 0 Å². The van der Waals surface area contributed by atoms with Crippen LogP contribution in [0.1, 0.15) is 16.7 Å². The Morgan fingerprint density at radius 2 is 1.31 bits per heavy atom. The molecule has 4 aromatic rings. The lowest BCUT2D eigenvalue weighted by molar-refractivity contribution is 1.17. The Labute approximate surface area is 153 Å². The Balaban J connectivity index is 1.98. The van der Waals surface area contributed by atoms with E-state index in [0.717, 1.165) is 32.5 Å². The molecule has 0 fully saturated rings. The highest BCUT2D eigenvalue weighted by atomic mass is 15.2. The van der Waals surface area contributed by atoms with Crippen molar-refractivity contribution in [1.82, 2.24) is 0 Å².